The molecule has 1 saturated carbocycles. The molecule has 1 amide bonds. The molecule has 2 aromatic heterocycles. The van der Waals surface area contributed by atoms with Crippen LogP contribution in [0.2, 0.25) is 5.02 Å². The minimum atomic E-state index is -0.185. The number of hydrogen-bond acceptors (Lipinski definition) is 8. The first-order valence-corrected chi connectivity index (χ1v) is 9.71. The van der Waals surface area contributed by atoms with Gasteiger partial charge in [-0.05, 0) is 37.1 Å². The van der Waals surface area contributed by atoms with Crippen molar-refractivity contribution in [2.75, 3.05) is 11.1 Å². The van der Waals surface area contributed by atoms with Crippen LogP contribution < -0.4 is 5.32 Å². The summed E-state index contributed by atoms with van der Waals surface area (Å²) in [5.41, 5.74) is 0.773. The van der Waals surface area contributed by atoms with Crippen molar-refractivity contribution in [3.63, 3.8) is 0 Å². The zero-order chi connectivity index (χ0) is 17.2. The van der Waals surface area contributed by atoms with E-state index in [1.54, 1.807) is 24.3 Å². The third kappa shape index (κ3) is 4.17. The van der Waals surface area contributed by atoms with Crippen molar-refractivity contribution < 1.29 is 9.21 Å². The Bertz CT molecular complexity index is 891. The molecule has 1 aliphatic carbocycles. The number of carbonyl (C=O) groups is 1. The first kappa shape index (κ1) is 16.5. The van der Waals surface area contributed by atoms with Gasteiger partial charge in [0.15, 0.2) is 0 Å². The van der Waals surface area contributed by atoms with Gasteiger partial charge in [-0.1, -0.05) is 34.7 Å². The minimum absolute atomic E-state index is 0.153. The molecule has 0 aliphatic heterocycles. The Hall–Kier alpha value is -1.97. The maximum absolute atomic E-state index is 12.0. The second-order valence-electron chi connectivity index (χ2n) is 5.44. The summed E-state index contributed by atoms with van der Waals surface area (Å²) in [6.45, 7) is 0. The Morgan fingerprint density at radius 2 is 2.04 bits per heavy atom. The highest BCUT2D eigenvalue weighted by atomic mass is 35.5. The van der Waals surface area contributed by atoms with Gasteiger partial charge in [-0.2, -0.15) is 0 Å². The Labute approximate surface area is 156 Å². The Morgan fingerprint density at radius 3 is 2.80 bits per heavy atom. The quantitative estimate of drug-likeness (QED) is 0.635. The molecule has 2 heterocycles. The zero-order valence-electron chi connectivity index (χ0n) is 12.8. The highest BCUT2D eigenvalue weighted by Crippen LogP contribution is 2.42. The number of halogens is 1. The lowest BCUT2D eigenvalue weighted by Crippen LogP contribution is -2.13. The maximum Gasteiger partial charge on any atom is 0.277 e. The molecular weight excluding hydrogens is 382 g/mol. The molecule has 1 aliphatic rings. The smallest absolute Gasteiger partial charge is 0.277 e. The van der Waals surface area contributed by atoms with Crippen molar-refractivity contribution in [1.29, 1.82) is 0 Å². The number of amides is 1. The summed E-state index contributed by atoms with van der Waals surface area (Å²) in [6, 6.07) is 7.09. The fourth-order valence-corrected chi connectivity index (χ4v) is 3.66. The maximum atomic E-state index is 12.0. The van der Waals surface area contributed by atoms with E-state index in [1.165, 1.54) is 23.1 Å². The molecule has 0 atom stereocenters. The minimum Gasteiger partial charge on any atom is -0.411 e. The van der Waals surface area contributed by atoms with Gasteiger partial charge in [0, 0.05) is 16.5 Å². The Balaban J connectivity index is 1.31. The average molecular weight is 394 g/mol. The molecule has 25 heavy (non-hydrogen) atoms. The second-order valence-corrected chi connectivity index (χ2v) is 7.81. The van der Waals surface area contributed by atoms with Crippen LogP contribution in [0.5, 0.6) is 0 Å². The van der Waals surface area contributed by atoms with Gasteiger partial charge >= 0.3 is 0 Å². The molecule has 1 aromatic carbocycles. The lowest BCUT2D eigenvalue weighted by molar-refractivity contribution is -0.113. The van der Waals surface area contributed by atoms with Crippen LogP contribution in [0.1, 0.15) is 23.8 Å². The highest BCUT2D eigenvalue weighted by Gasteiger charge is 2.27. The second kappa shape index (κ2) is 7.11. The summed E-state index contributed by atoms with van der Waals surface area (Å²) < 4.78 is 5.55. The van der Waals surface area contributed by atoms with E-state index in [1.807, 2.05) is 0 Å². The van der Waals surface area contributed by atoms with Crippen LogP contribution in [-0.2, 0) is 4.79 Å². The third-order valence-corrected chi connectivity index (χ3v) is 5.51. The molecule has 10 heteroatoms. The van der Waals surface area contributed by atoms with Crippen LogP contribution in [0.3, 0.4) is 0 Å². The third-order valence-electron chi connectivity index (χ3n) is 3.44. The van der Waals surface area contributed by atoms with E-state index in [2.05, 4.69) is 25.7 Å². The van der Waals surface area contributed by atoms with Crippen LogP contribution in [0.25, 0.3) is 11.5 Å². The summed E-state index contributed by atoms with van der Waals surface area (Å²) >= 11 is 8.45. The van der Waals surface area contributed by atoms with E-state index in [0.717, 1.165) is 23.4 Å². The van der Waals surface area contributed by atoms with Crippen molar-refractivity contribution in [1.82, 2.24) is 20.4 Å². The largest absolute Gasteiger partial charge is 0.411 e. The van der Waals surface area contributed by atoms with E-state index >= 15 is 0 Å². The first-order valence-electron chi connectivity index (χ1n) is 7.53. The molecule has 7 nitrogen and oxygen atoms in total. The number of nitrogens with zero attached hydrogens (tertiary/aromatic N) is 4. The predicted octanol–water partition coefficient (Wildman–Crippen LogP) is 3.85. The van der Waals surface area contributed by atoms with E-state index in [0.29, 0.717) is 27.2 Å². The van der Waals surface area contributed by atoms with E-state index in [9.17, 15) is 4.79 Å². The number of thioether (sulfide) groups is 1. The molecule has 0 saturated heterocycles. The SMILES string of the molecule is O=C(CSc1nnc(-c2ccc(Cl)cc2)o1)Nc1nnc(C2CC2)s1. The number of carbonyl (C=O) groups excluding carboxylic acids is 1. The van der Waals surface area contributed by atoms with Gasteiger partial charge in [-0.3, -0.25) is 10.1 Å². The van der Waals surface area contributed by atoms with E-state index < -0.39 is 0 Å². The van der Waals surface area contributed by atoms with Crippen molar-refractivity contribution >= 4 is 45.7 Å². The fraction of sp³-hybridized carbons (Fsp3) is 0.267. The predicted molar refractivity (Wildman–Crippen MR) is 96.0 cm³/mol. The van der Waals surface area contributed by atoms with Gasteiger partial charge in [-0.25, -0.2) is 0 Å². The van der Waals surface area contributed by atoms with Crippen LogP contribution >= 0.6 is 34.7 Å². The number of anilines is 1. The number of hydrogen-bond donors (Lipinski definition) is 1. The molecule has 1 N–H and O–H groups in total. The number of benzene rings is 1. The van der Waals surface area contributed by atoms with Crippen LogP contribution in [0, 0.1) is 0 Å². The number of aromatic nitrogens is 4. The molecule has 3 aromatic rings. The summed E-state index contributed by atoms with van der Waals surface area (Å²) in [6.07, 6.45) is 2.32. The Morgan fingerprint density at radius 1 is 1.24 bits per heavy atom. The standard InChI is InChI=1S/C15H12ClN5O2S2/c16-10-5-3-8(4-6-10)12-18-21-15(23-12)24-7-11(22)17-14-20-19-13(25-14)9-1-2-9/h3-6,9H,1-2,7H2,(H,17,20,22). The molecule has 4 rings (SSSR count). The summed E-state index contributed by atoms with van der Waals surface area (Å²) in [7, 11) is 0. The lowest BCUT2D eigenvalue weighted by atomic mass is 10.2. The highest BCUT2D eigenvalue weighted by molar-refractivity contribution is 7.99. The zero-order valence-corrected chi connectivity index (χ0v) is 15.2. The molecule has 0 spiro atoms. The first-order chi connectivity index (χ1) is 12.2. The van der Waals surface area contributed by atoms with Crippen molar-refractivity contribution in [3.05, 3.63) is 34.3 Å². The summed E-state index contributed by atoms with van der Waals surface area (Å²) in [5, 5.41) is 21.2. The van der Waals surface area contributed by atoms with Crippen LogP contribution in [0.15, 0.2) is 33.9 Å². The van der Waals surface area contributed by atoms with Gasteiger partial charge in [0.05, 0.1) is 5.75 Å². The summed E-state index contributed by atoms with van der Waals surface area (Å²) in [4.78, 5) is 12.0. The average Bonchev–Trinajstić information content (AvgIpc) is 3.17. The monoisotopic (exact) mass is 393 g/mol. The number of nitrogens with one attached hydrogen (secondary N) is 1. The number of rotatable bonds is 6. The molecule has 0 bridgehead atoms. The normalized spacial score (nSPS) is 13.8. The van der Waals surface area contributed by atoms with Crippen LogP contribution in [-0.4, -0.2) is 32.1 Å². The molecule has 0 radical (unpaired) electrons. The van der Waals surface area contributed by atoms with Crippen molar-refractivity contribution in [2.24, 2.45) is 0 Å². The van der Waals surface area contributed by atoms with E-state index in [4.69, 9.17) is 16.0 Å². The Kier molecular flexibility index (Phi) is 4.69. The lowest BCUT2D eigenvalue weighted by Gasteiger charge is -1.98. The van der Waals surface area contributed by atoms with Crippen molar-refractivity contribution in [2.45, 2.75) is 24.0 Å². The van der Waals surface area contributed by atoms with Crippen molar-refractivity contribution in [3.8, 4) is 11.5 Å². The molecule has 1 fully saturated rings. The molecule has 128 valence electrons. The molecular formula is C15H12ClN5O2S2. The molecule has 0 unspecified atom stereocenters. The summed E-state index contributed by atoms with van der Waals surface area (Å²) in [5.74, 6) is 0.885. The van der Waals surface area contributed by atoms with Gasteiger partial charge < -0.3 is 4.42 Å². The van der Waals surface area contributed by atoms with Gasteiger partial charge in [0.2, 0.25) is 16.9 Å². The fourth-order valence-electron chi connectivity index (χ4n) is 2.04. The van der Waals surface area contributed by atoms with Gasteiger partial charge in [-0.15, -0.1) is 20.4 Å². The van der Waals surface area contributed by atoms with Crippen LogP contribution in [0.4, 0.5) is 5.13 Å². The van der Waals surface area contributed by atoms with E-state index in [-0.39, 0.29) is 11.7 Å². The van der Waals surface area contributed by atoms with Gasteiger partial charge in [0.25, 0.3) is 5.22 Å². The topological polar surface area (TPSA) is 93.8 Å². The van der Waals surface area contributed by atoms with Gasteiger partial charge in [0.1, 0.15) is 5.01 Å².